The zero-order valence-electron chi connectivity index (χ0n) is 57.0. The van der Waals surface area contributed by atoms with E-state index in [1.807, 2.05) is 0 Å². The molecule has 0 spiro atoms. The van der Waals surface area contributed by atoms with Gasteiger partial charge in [0, 0.05) is 183 Å². The van der Waals surface area contributed by atoms with Gasteiger partial charge in [0.1, 0.15) is 0 Å². The molecule has 0 aliphatic rings. The maximum absolute atomic E-state index is 8.52. The van der Waals surface area contributed by atoms with Crippen molar-refractivity contribution in [2.75, 3.05) is 0 Å². The molecule has 0 aliphatic carbocycles. The minimum atomic E-state index is -3.63. The quantitative estimate of drug-likeness (QED) is 0.203. The second-order valence-corrected chi connectivity index (χ2v) is 15.0. The Morgan fingerprint density at radius 2 is 0.0720 bits per heavy atom. The van der Waals surface area contributed by atoms with Crippen molar-refractivity contribution in [2.45, 2.75) is 0 Å². The Balaban J connectivity index is -0.00000000472. The van der Waals surface area contributed by atoms with E-state index in [2.05, 4.69) is 0 Å². The van der Waals surface area contributed by atoms with Gasteiger partial charge < -0.3 is 385 Å². The van der Waals surface area contributed by atoms with Crippen LogP contribution in [0.1, 0.15) is 0 Å². The van der Waals surface area contributed by atoms with Crippen molar-refractivity contribution < 1.29 is 385 Å². The summed E-state index contributed by atoms with van der Waals surface area (Å²) < 4.78 is 170. The molecule has 0 atom stereocenters. The van der Waals surface area contributed by atoms with E-state index in [9.17, 15) is 0 Å². The topological polar surface area (TPSA) is 1810 Å². The third-order valence-electron chi connectivity index (χ3n) is 0. The largest absolute Gasteiger partial charge is 3.00 e. The Morgan fingerprint density at radius 1 is 0.0720 bits per heavy atom. The molecule has 636 valence electrons. The van der Waals surface area contributed by atoms with E-state index in [4.69, 9.17) is 281 Å². The second kappa shape index (κ2) is 496. The van der Waals surface area contributed by atoms with Crippen LogP contribution in [0.25, 0.3) is 0 Å². The van der Waals surface area contributed by atoms with Crippen LogP contribution in [0.3, 0.4) is 0 Å². The van der Waals surface area contributed by atoms with Crippen LogP contribution < -0.4 is 192 Å². The molecule has 0 aromatic carbocycles. The van der Waals surface area contributed by atoms with Crippen molar-refractivity contribution in [3.05, 3.63) is 0 Å². The Morgan fingerprint density at radius 3 is 0.0720 bits per heavy atom. The molecular formula is Al24Bi2O79Si20. The van der Waals surface area contributed by atoms with E-state index in [-0.39, 0.29) is 573 Å². The first-order valence-corrected chi connectivity index (χ1v) is 36.7. The van der Waals surface area contributed by atoms with Crippen LogP contribution in [0.5, 0.6) is 0 Å². The summed E-state index contributed by atoms with van der Waals surface area (Å²) in [7, 11) is -72.6. The van der Waals surface area contributed by atoms with Gasteiger partial charge in [0.05, 0.1) is 0 Å². The van der Waals surface area contributed by atoms with Crippen molar-refractivity contribution in [3.8, 4) is 0 Å². The van der Waals surface area contributed by atoms with Crippen LogP contribution >= 0.6 is 0 Å². The molecule has 0 saturated heterocycles. The van der Waals surface area contributed by atoms with Gasteiger partial charge in [0.15, 0.2) is 0 Å². The minimum Gasteiger partial charge on any atom is -2.00 e. The normalized spacial score (nSPS) is 3.84. The van der Waals surface area contributed by atoms with Gasteiger partial charge >= 0.3 is 469 Å². The van der Waals surface area contributed by atoms with Crippen molar-refractivity contribution in [2.24, 2.45) is 0 Å². The van der Waals surface area contributed by atoms with Gasteiger partial charge in [-0.2, -0.15) is 0 Å². The number of hydrogen-bond donors (Lipinski definition) is 0. The molecule has 0 aromatic rings. The van der Waals surface area contributed by atoms with Crippen molar-refractivity contribution in [1.29, 1.82) is 0 Å². The first kappa shape index (κ1) is 508. The smallest absolute Gasteiger partial charge is 2.00 e. The van der Waals surface area contributed by atoms with Crippen LogP contribution in [0.4, 0.5) is 0 Å². The summed E-state index contributed by atoms with van der Waals surface area (Å²) in [6.07, 6.45) is 0. The fourth-order valence-corrected chi connectivity index (χ4v) is 0. The summed E-state index contributed by atoms with van der Waals surface area (Å²) in [5.41, 5.74) is 0. The second-order valence-electron chi connectivity index (χ2n) is 5.00. The maximum atomic E-state index is 8.52. The SMILES string of the molecule is O=[Si]([O-])[O-].O=[Si]([O-])[O-].O=[Si]([O-])[O-].O=[Si]([O-])[O-].O=[Si]([O-])[O-].O=[Si]([O-])[O-].O=[Si]([O-])[O-].O=[Si]([O-])[O-].O=[Si]([O-])[O-].O=[Si]([O-])[O-].O=[Si]([O-])[O-].O=[Si]([O-])[O-].O=[Si]([O-])[O-].O=[Si]([O-])[O-].O=[Si]([O-])[O-].O=[Si]([O-])[O-].O=[Si]([O-])[O-].O=[Si]([O-])[O-].O=[Si]([O-])[O-].O=[Si]([O-])[O-].[Al+3].[Al+3].[Al+3].[Al+3].[Al+3].[Al+3].[Al+3].[Al+3].[Al+3].[Al+3].[Al+3].[Al+3].[Al+3].[Al+3].[Al+3].[Al+3].[Al+3].[Al+3].[Al+3].[Al+3].[Al+3].[Al+3].[Al+3].[Al+3].[Bi+3].[Bi+3].[O-2].[O-2].[O-2].[O-2].[O-2].[O-2].[O-2].[O-2].[O-2].[O-2].[O-2].[O-2].[O-2].[O-2].[O-2].[O-2].[O-2].[O-2].[O-2]. The molecule has 79 nitrogen and oxygen atoms in total. The summed E-state index contributed by atoms with van der Waals surface area (Å²) in [5.74, 6) is 0. The zero-order chi connectivity index (χ0) is 71.5. The first-order chi connectivity index (χ1) is 34.6. The molecule has 4 radical (unpaired) electrons. The van der Waals surface area contributed by atoms with Crippen LogP contribution in [0.15, 0.2) is 0 Å². The first-order valence-electron chi connectivity index (χ1n) is 12.2. The molecule has 0 bridgehead atoms. The monoisotopic (exact) mass is 2890 g/mol. The van der Waals surface area contributed by atoms with Crippen LogP contribution in [0, 0.1) is 0 Å². The van der Waals surface area contributed by atoms with E-state index in [0.29, 0.717) is 0 Å². The minimum absolute atomic E-state index is 0. The van der Waals surface area contributed by atoms with Crippen LogP contribution in [-0.2, 0) is 193 Å². The van der Waals surface area contributed by atoms with Gasteiger partial charge in [-0.15, -0.1) is 0 Å². The molecule has 0 aromatic heterocycles. The van der Waals surface area contributed by atoms with E-state index in [1.54, 1.807) is 0 Å². The van der Waals surface area contributed by atoms with Gasteiger partial charge in [-0.25, -0.2) is 0 Å². The van der Waals surface area contributed by atoms with E-state index in [1.165, 1.54) is 0 Å². The van der Waals surface area contributed by atoms with Gasteiger partial charge in [0.2, 0.25) is 0 Å². The van der Waals surface area contributed by atoms with E-state index >= 15 is 0 Å². The molecule has 0 amide bonds. The summed E-state index contributed by atoms with van der Waals surface area (Å²) in [6, 6.07) is 0. The van der Waals surface area contributed by atoms with Crippen LogP contribution in [0.2, 0.25) is 0 Å². The van der Waals surface area contributed by atoms with E-state index < -0.39 is 183 Å². The van der Waals surface area contributed by atoms with Crippen molar-refractivity contribution in [3.63, 3.8) is 0 Å². The Kier molecular flexibility index (Phi) is 2020. The predicted octanol–water partition coefficient (Wildman–Crippen LogP) is -69.7. The summed E-state index contributed by atoms with van der Waals surface area (Å²) in [6.45, 7) is 0. The molecule has 125 heavy (non-hydrogen) atoms. The molecule has 0 rings (SSSR count). The standard InChI is InChI=1S/24Al.2Bi.20O3Si.19O/c;;;;;;;;;;;;;;;;;;;;;;;;;;20*1-4(2)3;;;;;;;;;;;;;;;;;;;/q26*+3;39*-2. The van der Waals surface area contributed by atoms with Gasteiger partial charge in [-0.05, 0) is 0 Å². The van der Waals surface area contributed by atoms with Crippen molar-refractivity contribution in [1.82, 2.24) is 0 Å². The average molecular weight is 2890 g/mol. The average Bonchev–Trinajstić information content (AvgIpc) is 2.99. The zero-order valence-corrected chi connectivity index (χ0v) is 112. The van der Waals surface area contributed by atoms with E-state index in [0.717, 1.165) is 0 Å². The molecule has 0 aliphatic heterocycles. The third kappa shape index (κ3) is 57000. The summed E-state index contributed by atoms with van der Waals surface area (Å²) in [5, 5.41) is 0. The molecular weight excluding hydrogens is 2890 g/mol. The molecule has 125 heteroatoms. The molecule has 0 N–H and O–H groups in total. The van der Waals surface area contributed by atoms with Crippen molar-refractivity contribution >= 4 is 652 Å². The van der Waals surface area contributed by atoms with Gasteiger partial charge in [-0.3, -0.25) is 0 Å². The Bertz CT molecular complexity index is 1150. The van der Waals surface area contributed by atoms with Gasteiger partial charge in [-0.1, -0.05) is 0 Å². The third-order valence-corrected chi connectivity index (χ3v) is 0. The molecule has 0 saturated carbocycles. The predicted molar refractivity (Wildman–Crippen MR) is 291 cm³/mol. The molecule has 0 heterocycles. The number of hydrogen-bond acceptors (Lipinski definition) is 60. The Hall–Kier alpha value is 6.12. The fraction of sp³-hybridized carbons (Fsp3) is 0. The fourth-order valence-electron chi connectivity index (χ4n) is 0. The Labute approximate surface area is 1020 Å². The molecule has 0 fully saturated rings. The number of rotatable bonds is 0. The summed E-state index contributed by atoms with van der Waals surface area (Å²) >= 11 is 0. The van der Waals surface area contributed by atoms with Gasteiger partial charge in [0.25, 0.3) is 0 Å². The maximum Gasteiger partial charge on any atom is 3.00 e. The van der Waals surface area contributed by atoms with Crippen LogP contribution in [-0.4, -0.2) is 652 Å². The molecule has 0 unspecified atom stereocenters. The summed E-state index contributed by atoms with van der Waals surface area (Å²) in [4.78, 5) is 341.